The molecule has 0 N–H and O–H groups in total. The van der Waals surface area contributed by atoms with Crippen molar-refractivity contribution in [1.29, 1.82) is 0 Å². The standard InChI is InChI=1S/C21H17NO7/c23-20(28-11-13-4-1-2-7-18(13)22(25)26)12-27-14-8-9-16-15-5-3-6-17(15)21(24)29-19(16)10-14/h1-2,4,7-10H,3,5-6,11-12H2. The van der Waals surface area contributed by atoms with Crippen LogP contribution >= 0.6 is 0 Å². The summed E-state index contributed by atoms with van der Waals surface area (Å²) in [5.74, 6) is -0.306. The fraction of sp³-hybridized carbons (Fsp3) is 0.238. The molecule has 4 rings (SSSR count). The van der Waals surface area contributed by atoms with E-state index < -0.39 is 10.9 Å². The lowest BCUT2D eigenvalue weighted by molar-refractivity contribution is -0.385. The Labute approximate surface area is 164 Å². The van der Waals surface area contributed by atoms with E-state index in [2.05, 4.69) is 0 Å². The number of esters is 1. The number of hydrogen-bond acceptors (Lipinski definition) is 7. The molecule has 0 atom stereocenters. The summed E-state index contributed by atoms with van der Waals surface area (Å²) in [5.41, 5.74) is 2.04. The monoisotopic (exact) mass is 395 g/mol. The summed E-state index contributed by atoms with van der Waals surface area (Å²) in [6, 6.07) is 11.1. The van der Waals surface area contributed by atoms with Crippen LogP contribution in [0.15, 0.2) is 51.7 Å². The van der Waals surface area contributed by atoms with Gasteiger partial charge in [0.2, 0.25) is 0 Å². The Kier molecular flexibility index (Phi) is 4.99. The smallest absolute Gasteiger partial charge is 0.344 e. The van der Waals surface area contributed by atoms with Gasteiger partial charge in [0.25, 0.3) is 5.69 Å². The predicted molar refractivity (Wildman–Crippen MR) is 103 cm³/mol. The van der Waals surface area contributed by atoms with Gasteiger partial charge in [-0.1, -0.05) is 12.1 Å². The lowest BCUT2D eigenvalue weighted by atomic mass is 10.1. The van der Waals surface area contributed by atoms with Gasteiger partial charge in [-0.2, -0.15) is 0 Å². The molecule has 0 saturated carbocycles. The normalized spacial score (nSPS) is 12.6. The fourth-order valence-corrected chi connectivity index (χ4v) is 3.51. The molecule has 0 bridgehead atoms. The molecule has 1 aliphatic rings. The van der Waals surface area contributed by atoms with Crippen LogP contribution in [0.5, 0.6) is 5.75 Å². The van der Waals surface area contributed by atoms with Crippen LogP contribution in [0.3, 0.4) is 0 Å². The molecule has 0 spiro atoms. The largest absolute Gasteiger partial charge is 0.482 e. The Morgan fingerprint density at radius 2 is 1.93 bits per heavy atom. The number of nitro groups is 1. The van der Waals surface area contributed by atoms with Crippen molar-refractivity contribution in [3.63, 3.8) is 0 Å². The van der Waals surface area contributed by atoms with E-state index in [1.54, 1.807) is 24.3 Å². The average molecular weight is 395 g/mol. The molecule has 1 heterocycles. The number of nitrogens with zero attached hydrogens (tertiary/aromatic N) is 1. The topological polar surface area (TPSA) is 109 Å². The van der Waals surface area contributed by atoms with Crippen molar-refractivity contribution < 1.29 is 23.6 Å². The number of nitro benzene ring substituents is 1. The van der Waals surface area contributed by atoms with Gasteiger partial charge < -0.3 is 13.9 Å². The maximum atomic E-state index is 12.1. The van der Waals surface area contributed by atoms with E-state index >= 15 is 0 Å². The molecule has 0 amide bonds. The number of fused-ring (bicyclic) bond motifs is 3. The Hall–Kier alpha value is -3.68. The first-order valence-electron chi connectivity index (χ1n) is 9.12. The number of rotatable bonds is 6. The second kappa shape index (κ2) is 7.75. The van der Waals surface area contributed by atoms with Gasteiger partial charge in [-0.3, -0.25) is 10.1 Å². The number of benzene rings is 2. The maximum Gasteiger partial charge on any atom is 0.344 e. The minimum absolute atomic E-state index is 0.113. The molecule has 1 aliphatic carbocycles. The van der Waals surface area contributed by atoms with Crippen molar-refractivity contribution in [3.8, 4) is 5.75 Å². The van der Waals surface area contributed by atoms with Crippen LogP contribution in [0.4, 0.5) is 5.69 Å². The van der Waals surface area contributed by atoms with Gasteiger partial charge in [-0.25, -0.2) is 9.59 Å². The van der Waals surface area contributed by atoms with Crippen molar-refractivity contribution in [1.82, 2.24) is 0 Å². The van der Waals surface area contributed by atoms with Gasteiger partial charge in [-0.05, 0) is 43.0 Å². The molecule has 8 heteroatoms. The minimum Gasteiger partial charge on any atom is -0.482 e. The van der Waals surface area contributed by atoms with Crippen molar-refractivity contribution >= 4 is 22.6 Å². The number of carbonyl (C=O) groups excluding carboxylic acids is 1. The summed E-state index contributed by atoms with van der Waals surface area (Å²) in [5, 5.41) is 11.9. The van der Waals surface area contributed by atoms with Crippen LogP contribution in [-0.4, -0.2) is 17.5 Å². The molecule has 0 aliphatic heterocycles. The zero-order valence-electron chi connectivity index (χ0n) is 15.4. The summed E-state index contributed by atoms with van der Waals surface area (Å²) in [6.45, 7) is -0.598. The van der Waals surface area contributed by atoms with Gasteiger partial charge in [0.05, 0.1) is 10.5 Å². The highest BCUT2D eigenvalue weighted by Crippen LogP contribution is 2.29. The Balaban J connectivity index is 1.41. The van der Waals surface area contributed by atoms with Crippen LogP contribution < -0.4 is 10.4 Å². The first-order chi connectivity index (χ1) is 14.0. The lowest BCUT2D eigenvalue weighted by Crippen LogP contribution is -2.15. The summed E-state index contributed by atoms with van der Waals surface area (Å²) in [6.07, 6.45) is 2.51. The van der Waals surface area contributed by atoms with E-state index in [1.807, 2.05) is 6.07 Å². The van der Waals surface area contributed by atoms with Crippen molar-refractivity contribution in [2.24, 2.45) is 0 Å². The molecule has 3 aromatic rings. The third-order valence-electron chi connectivity index (χ3n) is 4.88. The van der Waals surface area contributed by atoms with E-state index in [1.165, 1.54) is 12.1 Å². The zero-order valence-corrected chi connectivity index (χ0v) is 15.4. The first-order valence-corrected chi connectivity index (χ1v) is 9.12. The van der Waals surface area contributed by atoms with Crippen LogP contribution in [0.1, 0.15) is 23.1 Å². The molecule has 29 heavy (non-hydrogen) atoms. The van der Waals surface area contributed by atoms with Gasteiger partial charge in [0.15, 0.2) is 6.61 Å². The number of hydrogen-bond donors (Lipinski definition) is 0. The minimum atomic E-state index is -0.668. The predicted octanol–water partition coefficient (Wildman–Crippen LogP) is 3.31. The summed E-state index contributed by atoms with van der Waals surface area (Å²) in [7, 11) is 0. The number of para-hydroxylation sites is 1. The van der Waals surface area contributed by atoms with Crippen LogP contribution in [-0.2, 0) is 29.0 Å². The third kappa shape index (κ3) is 3.82. The molecule has 148 valence electrons. The summed E-state index contributed by atoms with van der Waals surface area (Å²) >= 11 is 0. The molecule has 1 aromatic heterocycles. The highest BCUT2D eigenvalue weighted by molar-refractivity contribution is 5.83. The van der Waals surface area contributed by atoms with E-state index in [0.717, 1.165) is 35.8 Å². The number of aryl methyl sites for hydroxylation is 1. The van der Waals surface area contributed by atoms with E-state index in [0.29, 0.717) is 16.9 Å². The lowest BCUT2D eigenvalue weighted by Gasteiger charge is -2.09. The molecule has 0 saturated heterocycles. The van der Waals surface area contributed by atoms with E-state index in [9.17, 15) is 19.7 Å². The maximum absolute atomic E-state index is 12.1. The highest BCUT2D eigenvalue weighted by atomic mass is 16.6. The molecular weight excluding hydrogens is 378 g/mol. The van der Waals surface area contributed by atoms with Crippen LogP contribution in [0, 0.1) is 10.1 Å². The molecular formula is C21H17NO7. The van der Waals surface area contributed by atoms with Gasteiger partial charge in [0.1, 0.15) is 17.9 Å². The van der Waals surface area contributed by atoms with Crippen molar-refractivity contribution in [2.75, 3.05) is 6.61 Å². The molecule has 8 nitrogen and oxygen atoms in total. The van der Waals surface area contributed by atoms with Crippen LogP contribution in [0.2, 0.25) is 0 Å². The number of ether oxygens (including phenoxy) is 2. The van der Waals surface area contributed by atoms with Gasteiger partial charge in [-0.15, -0.1) is 0 Å². The van der Waals surface area contributed by atoms with Crippen molar-refractivity contribution in [3.05, 3.63) is 79.7 Å². The second-order valence-electron chi connectivity index (χ2n) is 6.69. The molecule has 0 unspecified atom stereocenters. The third-order valence-corrected chi connectivity index (χ3v) is 4.88. The Morgan fingerprint density at radius 3 is 2.76 bits per heavy atom. The van der Waals surface area contributed by atoms with Gasteiger partial charge >= 0.3 is 11.6 Å². The highest BCUT2D eigenvalue weighted by Gasteiger charge is 2.20. The Bertz CT molecular complexity index is 1170. The van der Waals surface area contributed by atoms with Gasteiger partial charge in [0, 0.05) is 23.1 Å². The van der Waals surface area contributed by atoms with E-state index in [-0.39, 0.29) is 24.5 Å². The fourth-order valence-electron chi connectivity index (χ4n) is 3.51. The summed E-state index contributed by atoms with van der Waals surface area (Å²) in [4.78, 5) is 34.5. The van der Waals surface area contributed by atoms with Crippen molar-refractivity contribution in [2.45, 2.75) is 25.9 Å². The average Bonchev–Trinajstić information content (AvgIpc) is 3.21. The second-order valence-corrected chi connectivity index (χ2v) is 6.69. The Morgan fingerprint density at radius 1 is 1.14 bits per heavy atom. The first kappa shape index (κ1) is 18.7. The van der Waals surface area contributed by atoms with E-state index in [4.69, 9.17) is 13.9 Å². The number of carbonyl (C=O) groups is 1. The summed E-state index contributed by atoms with van der Waals surface area (Å²) < 4.78 is 15.9. The molecule has 0 radical (unpaired) electrons. The SMILES string of the molecule is O=C(COc1ccc2c3c(c(=O)oc2c1)CCC3)OCc1ccccc1[N+](=O)[O-]. The zero-order chi connectivity index (χ0) is 20.4. The molecule has 0 fully saturated rings. The quantitative estimate of drug-likeness (QED) is 0.273. The van der Waals surface area contributed by atoms with Crippen LogP contribution in [0.25, 0.3) is 11.0 Å². The molecule has 2 aromatic carbocycles.